The zero-order valence-electron chi connectivity index (χ0n) is 11.1. The number of rotatable bonds is 5. The average molecular weight is 344 g/mol. The second kappa shape index (κ2) is 6.18. The summed E-state index contributed by atoms with van der Waals surface area (Å²) in [4.78, 5) is 0.706. The molecule has 0 unspecified atom stereocenters. The topological polar surface area (TPSA) is 63.4 Å². The largest absolute Gasteiger partial charge is 0.389 e. The number of sulfonamides is 1. The van der Waals surface area contributed by atoms with Gasteiger partial charge in [0.05, 0.1) is 4.88 Å². The summed E-state index contributed by atoms with van der Waals surface area (Å²) in [5.41, 5.74) is 6.05. The van der Waals surface area contributed by atoms with Crippen molar-refractivity contribution in [1.29, 1.82) is 0 Å². The standard InChI is InChI=1S/C13H13FN2O2S3/c1-16(8-9-3-2-4-10(14)7-9)21(17,18)12-6-5-11(20-12)13(15)19/h2-7H,8H2,1H3,(H2,15,19). The van der Waals surface area contributed by atoms with Crippen molar-refractivity contribution in [2.45, 2.75) is 10.8 Å². The van der Waals surface area contributed by atoms with E-state index >= 15 is 0 Å². The fourth-order valence-electron chi connectivity index (χ4n) is 1.72. The Morgan fingerprint density at radius 3 is 2.67 bits per heavy atom. The number of nitrogens with zero attached hydrogens (tertiary/aromatic N) is 1. The van der Waals surface area contributed by atoms with Crippen LogP contribution in [0, 0.1) is 5.82 Å². The quantitative estimate of drug-likeness (QED) is 0.846. The number of thiocarbonyl (C=S) groups is 1. The summed E-state index contributed by atoms with van der Waals surface area (Å²) in [6.07, 6.45) is 0. The SMILES string of the molecule is CN(Cc1cccc(F)c1)S(=O)(=O)c1ccc(C(N)=S)s1. The predicted octanol–water partition coefficient (Wildman–Crippen LogP) is 2.34. The first kappa shape index (κ1) is 16.0. The molecule has 0 spiro atoms. The molecule has 112 valence electrons. The highest BCUT2D eigenvalue weighted by Crippen LogP contribution is 2.25. The van der Waals surface area contributed by atoms with E-state index in [0.29, 0.717) is 10.4 Å². The maximum atomic E-state index is 13.1. The molecule has 0 bridgehead atoms. The number of thiophene rings is 1. The molecule has 1 heterocycles. The van der Waals surface area contributed by atoms with Crippen LogP contribution in [-0.2, 0) is 16.6 Å². The lowest BCUT2D eigenvalue weighted by Gasteiger charge is -2.16. The third-order valence-corrected chi connectivity index (χ3v) is 6.52. The van der Waals surface area contributed by atoms with Crippen LogP contribution in [0.25, 0.3) is 0 Å². The van der Waals surface area contributed by atoms with E-state index in [1.807, 2.05) is 0 Å². The smallest absolute Gasteiger partial charge is 0.252 e. The highest BCUT2D eigenvalue weighted by molar-refractivity contribution is 7.91. The van der Waals surface area contributed by atoms with E-state index in [1.165, 1.54) is 25.2 Å². The van der Waals surface area contributed by atoms with Gasteiger partial charge in [0.1, 0.15) is 15.0 Å². The number of benzene rings is 1. The fraction of sp³-hybridized carbons (Fsp3) is 0.154. The Hall–Kier alpha value is -1.35. The molecule has 0 aliphatic rings. The molecule has 0 amide bonds. The van der Waals surface area contributed by atoms with Crippen molar-refractivity contribution in [2.24, 2.45) is 5.73 Å². The van der Waals surface area contributed by atoms with Crippen LogP contribution in [-0.4, -0.2) is 24.8 Å². The van der Waals surface area contributed by atoms with E-state index in [2.05, 4.69) is 0 Å². The summed E-state index contributed by atoms with van der Waals surface area (Å²) < 4.78 is 39.3. The molecule has 0 saturated carbocycles. The Bertz CT molecular complexity index is 771. The highest BCUT2D eigenvalue weighted by atomic mass is 32.2. The van der Waals surface area contributed by atoms with Gasteiger partial charge in [-0.1, -0.05) is 24.4 Å². The molecule has 2 N–H and O–H groups in total. The Labute approximate surface area is 132 Å². The molecule has 4 nitrogen and oxygen atoms in total. The summed E-state index contributed by atoms with van der Waals surface area (Å²) in [6.45, 7) is 0.0837. The van der Waals surface area contributed by atoms with Crippen LogP contribution in [0.3, 0.4) is 0 Å². The summed E-state index contributed by atoms with van der Waals surface area (Å²) >= 11 is 5.84. The Morgan fingerprint density at radius 1 is 1.38 bits per heavy atom. The van der Waals surface area contributed by atoms with E-state index in [0.717, 1.165) is 15.6 Å². The van der Waals surface area contributed by atoms with Crippen molar-refractivity contribution in [1.82, 2.24) is 4.31 Å². The first-order valence-corrected chi connectivity index (χ1v) is 8.57. The van der Waals surface area contributed by atoms with Crippen molar-refractivity contribution in [3.63, 3.8) is 0 Å². The first-order chi connectivity index (χ1) is 9.80. The van der Waals surface area contributed by atoms with Gasteiger partial charge in [-0.3, -0.25) is 0 Å². The maximum absolute atomic E-state index is 13.1. The predicted molar refractivity (Wildman–Crippen MR) is 85.3 cm³/mol. The molecule has 0 saturated heterocycles. The molecule has 0 fully saturated rings. The highest BCUT2D eigenvalue weighted by Gasteiger charge is 2.23. The average Bonchev–Trinajstić information content (AvgIpc) is 2.89. The first-order valence-electron chi connectivity index (χ1n) is 5.91. The molecular formula is C13H13FN2O2S3. The second-order valence-electron chi connectivity index (χ2n) is 4.37. The monoisotopic (exact) mass is 344 g/mol. The van der Waals surface area contributed by atoms with Gasteiger partial charge in [0.2, 0.25) is 0 Å². The lowest BCUT2D eigenvalue weighted by atomic mass is 10.2. The molecule has 2 aromatic rings. The molecule has 21 heavy (non-hydrogen) atoms. The molecule has 0 aliphatic heterocycles. The van der Waals surface area contributed by atoms with Crippen LogP contribution in [0.15, 0.2) is 40.6 Å². The van der Waals surface area contributed by atoms with Crippen molar-refractivity contribution < 1.29 is 12.8 Å². The number of hydrogen-bond acceptors (Lipinski definition) is 4. The van der Waals surface area contributed by atoms with Crippen molar-refractivity contribution in [2.75, 3.05) is 7.05 Å². The molecular weight excluding hydrogens is 331 g/mol. The molecule has 0 aliphatic carbocycles. The Balaban J connectivity index is 2.23. The van der Waals surface area contributed by atoms with E-state index in [4.69, 9.17) is 18.0 Å². The summed E-state index contributed by atoms with van der Waals surface area (Å²) in [5.74, 6) is -0.398. The lowest BCUT2D eigenvalue weighted by molar-refractivity contribution is 0.467. The molecule has 0 atom stereocenters. The molecule has 1 aromatic carbocycles. The molecule has 0 radical (unpaired) electrons. The van der Waals surface area contributed by atoms with Crippen molar-refractivity contribution in [3.05, 3.63) is 52.7 Å². The van der Waals surface area contributed by atoms with Gasteiger partial charge in [-0.2, -0.15) is 4.31 Å². The van der Waals surface area contributed by atoms with Gasteiger partial charge in [-0.25, -0.2) is 12.8 Å². The zero-order valence-corrected chi connectivity index (χ0v) is 13.6. The second-order valence-corrected chi connectivity index (χ2v) is 8.17. The van der Waals surface area contributed by atoms with Gasteiger partial charge in [0.25, 0.3) is 10.0 Å². The van der Waals surface area contributed by atoms with Gasteiger partial charge >= 0.3 is 0 Å². The normalized spacial score (nSPS) is 11.8. The summed E-state index contributed by atoms with van der Waals surface area (Å²) in [7, 11) is -2.20. The minimum atomic E-state index is -3.65. The maximum Gasteiger partial charge on any atom is 0.252 e. The molecule has 8 heteroatoms. The Kier molecular flexibility index (Phi) is 4.72. The van der Waals surface area contributed by atoms with Crippen LogP contribution in [0.5, 0.6) is 0 Å². The summed E-state index contributed by atoms with van der Waals surface area (Å²) in [6, 6.07) is 8.88. The minimum Gasteiger partial charge on any atom is -0.389 e. The fourth-order valence-corrected chi connectivity index (χ4v) is 4.44. The molecule has 2 rings (SSSR count). The van der Waals surface area contributed by atoms with Crippen LogP contribution in [0.2, 0.25) is 0 Å². The van der Waals surface area contributed by atoms with Crippen molar-refractivity contribution in [3.8, 4) is 0 Å². The van der Waals surface area contributed by atoms with Gasteiger partial charge in [-0.05, 0) is 29.8 Å². The van der Waals surface area contributed by atoms with Crippen LogP contribution in [0.1, 0.15) is 10.4 Å². The van der Waals surface area contributed by atoms with E-state index < -0.39 is 15.8 Å². The molecule has 1 aromatic heterocycles. The summed E-state index contributed by atoms with van der Waals surface area (Å²) in [5, 5.41) is 0. The van der Waals surface area contributed by atoms with Gasteiger partial charge in [0.15, 0.2) is 0 Å². The van der Waals surface area contributed by atoms with Crippen molar-refractivity contribution >= 4 is 38.6 Å². The van der Waals surface area contributed by atoms with Crippen LogP contribution in [0.4, 0.5) is 4.39 Å². The third kappa shape index (κ3) is 3.65. The third-order valence-electron chi connectivity index (χ3n) is 2.78. The Morgan fingerprint density at radius 2 is 2.10 bits per heavy atom. The van der Waals surface area contributed by atoms with Gasteiger partial charge < -0.3 is 5.73 Å². The van der Waals surface area contributed by atoms with E-state index in [9.17, 15) is 12.8 Å². The van der Waals surface area contributed by atoms with Gasteiger partial charge in [0, 0.05) is 13.6 Å². The number of nitrogens with two attached hydrogens (primary N) is 1. The van der Waals surface area contributed by atoms with Gasteiger partial charge in [-0.15, -0.1) is 11.3 Å². The number of halogens is 1. The van der Waals surface area contributed by atoms with Crippen LogP contribution < -0.4 is 5.73 Å². The minimum absolute atomic E-state index is 0.0837. The van der Waals surface area contributed by atoms with E-state index in [1.54, 1.807) is 18.2 Å². The van der Waals surface area contributed by atoms with E-state index in [-0.39, 0.29) is 15.7 Å². The number of hydrogen-bond donors (Lipinski definition) is 1. The zero-order chi connectivity index (χ0) is 15.6. The lowest BCUT2D eigenvalue weighted by Crippen LogP contribution is -2.25. The van der Waals surface area contributed by atoms with Crippen LogP contribution >= 0.6 is 23.6 Å².